The molecule has 4 nitrogen and oxygen atoms in total. The molecule has 0 saturated heterocycles. The highest BCUT2D eigenvalue weighted by atomic mass is 16.4. The van der Waals surface area contributed by atoms with Gasteiger partial charge in [0.25, 0.3) is 0 Å². The molecule has 1 saturated carbocycles. The second-order valence-electron chi connectivity index (χ2n) is 5.10. The molecule has 1 aliphatic rings. The van der Waals surface area contributed by atoms with Gasteiger partial charge in [-0.05, 0) is 30.5 Å². The van der Waals surface area contributed by atoms with Crippen LogP contribution in [0.3, 0.4) is 0 Å². The van der Waals surface area contributed by atoms with Crippen LogP contribution in [0.15, 0.2) is 24.3 Å². The lowest BCUT2D eigenvalue weighted by Gasteiger charge is -2.36. The van der Waals surface area contributed by atoms with Gasteiger partial charge in [0.15, 0.2) is 0 Å². The van der Waals surface area contributed by atoms with Crippen molar-refractivity contribution < 1.29 is 14.7 Å². The Morgan fingerprint density at radius 3 is 2.33 bits per heavy atom. The number of aromatic carboxylic acids is 1. The molecule has 0 spiro atoms. The summed E-state index contributed by atoms with van der Waals surface area (Å²) in [5.74, 6) is -0.844. The number of benzene rings is 1. The summed E-state index contributed by atoms with van der Waals surface area (Å²) in [7, 11) is 0. The largest absolute Gasteiger partial charge is 0.478 e. The third-order valence-corrected chi connectivity index (χ3v) is 3.66. The molecule has 96 valence electrons. The van der Waals surface area contributed by atoms with Gasteiger partial charge in [0.1, 0.15) is 0 Å². The first-order valence-electron chi connectivity index (χ1n) is 6.12. The van der Waals surface area contributed by atoms with E-state index in [9.17, 15) is 9.59 Å². The normalized spacial score (nSPS) is 16.7. The number of carboxylic acid groups (broad SMARTS) is 1. The fourth-order valence-corrected chi connectivity index (χ4v) is 2.10. The fraction of sp³-hybridized carbons (Fsp3) is 0.429. The molecule has 1 aromatic rings. The van der Waals surface area contributed by atoms with E-state index in [1.54, 1.807) is 24.3 Å². The summed E-state index contributed by atoms with van der Waals surface area (Å²) in [4.78, 5) is 22.6. The summed E-state index contributed by atoms with van der Waals surface area (Å²) >= 11 is 0. The lowest BCUT2D eigenvalue weighted by molar-refractivity contribution is -0.134. The van der Waals surface area contributed by atoms with Gasteiger partial charge in [0.05, 0.1) is 5.56 Å². The van der Waals surface area contributed by atoms with Crippen molar-refractivity contribution >= 4 is 11.9 Å². The maximum absolute atomic E-state index is 11.9. The van der Waals surface area contributed by atoms with Gasteiger partial charge < -0.3 is 10.4 Å². The molecule has 0 bridgehead atoms. The van der Waals surface area contributed by atoms with Crippen LogP contribution in [0.5, 0.6) is 0 Å². The number of hydrogen-bond donors (Lipinski definition) is 2. The SMILES string of the molecule is CC1(C(=O)NCc2ccc(C(=O)O)cc2)CCC1. The minimum Gasteiger partial charge on any atom is -0.478 e. The van der Waals surface area contributed by atoms with Crippen LogP contribution in [0.25, 0.3) is 0 Å². The van der Waals surface area contributed by atoms with Crippen LogP contribution in [-0.4, -0.2) is 17.0 Å². The Balaban J connectivity index is 1.90. The molecule has 1 fully saturated rings. The molecule has 0 aromatic heterocycles. The van der Waals surface area contributed by atoms with Gasteiger partial charge >= 0.3 is 5.97 Å². The van der Waals surface area contributed by atoms with Crippen molar-refractivity contribution in [2.24, 2.45) is 5.41 Å². The smallest absolute Gasteiger partial charge is 0.335 e. The topological polar surface area (TPSA) is 66.4 Å². The number of nitrogens with one attached hydrogen (secondary N) is 1. The van der Waals surface area contributed by atoms with Crippen molar-refractivity contribution in [2.75, 3.05) is 0 Å². The number of carboxylic acids is 1. The zero-order chi connectivity index (χ0) is 13.2. The fourth-order valence-electron chi connectivity index (χ4n) is 2.10. The van der Waals surface area contributed by atoms with Gasteiger partial charge in [-0.15, -0.1) is 0 Å². The predicted molar refractivity (Wildman–Crippen MR) is 67.2 cm³/mol. The summed E-state index contributed by atoms with van der Waals surface area (Å²) in [5.41, 5.74) is 0.980. The molecule has 0 atom stereocenters. The molecule has 2 N–H and O–H groups in total. The van der Waals surface area contributed by atoms with E-state index < -0.39 is 5.97 Å². The van der Waals surface area contributed by atoms with Crippen molar-refractivity contribution in [2.45, 2.75) is 32.7 Å². The summed E-state index contributed by atoms with van der Waals surface area (Å²) in [6.07, 6.45) is 3.03. The van der Waals surface area contributed by atoms with E-state index in [0.717, 1.165) is 24.8 Å². The van der Waals surface area contributed by atoms with Crippen LogP contribution in [0, 0.1) is 5.41 Å². The molecule has 1 aliphatic carbocycles. The number of hydrogen-bond acceptors (Lipinski definition) is 2. The highest BCUT2D eigenvalue weighted by molar-refractivity contribution is 5.87. The van der Waals surface area contributed by atoms with Crippen LogP contribution >= 0.6 is 0 Å². The molecule has 0 aliphatic heterocycles. The Bertz CT molecular complexity index is 460. The molecule has 0 radical (unpaired) electrons. The monoisotopic (exact) mass is 247 g/mol. The first-order chi connectivity index (χ1) is 8.51. The van der Waals surface area contributed by atoms with Crippen LogP contribution in [0.2, 0.25) is 0 Å². The molecule has 4 heteroatoms. The van der Waals surface area contributed by atoms with Gasteiger partial charge in [-0.25, -0.2) is 4.79 Å². The van der Waals surface area contributed by atoms with E-state index in [1.165, 1.54) is 0 Å². The van der Waals surface area contributed by atoms with Crippen LogP contribution in [0.1, 0.15) is 42.1 Å². The lowest BCUT2D eigenvalue weighted by atomic mass is 9.70. The zero-order valence-corrected chi connectivity index (χ0v) is 10.4. The third-order valence-electron chi connectivity index (χ3n) is 3.66. The van der Waals surface area contributed by atoms with Crippen molar-refractivity contribution in [3.63, 3.8) is 0 Å². The Morgan fingerprint density at radius 1 is 1.28 bits per heavy atom. The van der Waals surface area contributed by atoms with Crippen molar-refractivity contribution in [3.8, 4) is 0 Å². The molecule has 0 unspecified atom stereocenters. The molecular formula is C14H17NO3. The average Bonchev–Trinajstić information content (AvgIpc) is 2.33. The first kappa shape index (κ1) is 12.6. The number of carbonyl (C=O) groups excluding carboxylic acids is 1. The van der Waals surface area contributed by atoms with E-state index >= 15 is 0 Å². The van der Waals surface area contributed by atoms with E-state index in [0.29, 0.717) is 6.54 Å². The van der Waals surface area contributed by atoms with E-state index in [1.807, 2.05) is 6.92 Å². The van der Waals surface area contributed by atoms with Gasteiger partial charge in [0, 0.05) is 12.0 Å². The maximum Gasteiger partial charge on any atom is 0.335 e. The minimum absolute atomic E-state index is 0.0936. The maximum atomic E-state index is 11.9. The van der Waals surface area contributed by atoms with Crippen molar-refractivity contribution in [1.82, 2.24) is 5.32 Å². The second kappa shape index (κ2) is 4.80. The van der Waals surface area contributed by atoms with E-state index in [-0.39, 0.29) is 16.9 Å². The molecule has 1 amide bonds. The Hall–Kier alpha value is -1.84. The summed E-state index contributed by atoms with van der Waals surface area (Å²) in [5, 5.41) is 11.7. The molecule has 1 aromatic carbocycles. The third kappa shape index (κ3) is 2.53. The Kier molecular flexibility index (Phi) is 3.36. The van der Waals surface area contributed by atoms with Crippen molar-refractivity contribution in [1.29, 1.82) is 0 Å². The van der Waals surface area contributed by atoms with Crippen LogP contribution < -0.4 is 5.32 Å². The van der Waals surface area contributed by atoms with Gasteiger partial charge in [-0.1, -0.05) is 25.5 Å². The number of amides is 1. The zero-order valence-electron chi connectivity index (χ0n) is 10.4. The summed E-state index contributed by atoms with van der Waals surface area (Å²) in [6.45, 7) is 2.44. The molecular weight excluding hydrogens is 230 g/mol. The Morgan fingerprint density at radius 2 is 1.89 bits per heavy atom. The van der Waals surface area contributed by atoms with E-state index in [2.05, 4.69) is 5.32 Å². The minimum atomic E-state index is -0.937. The van der Waals surface area contributed by atoms with Crippen molar-refractivity contribution in [3.05, 3.63) is 35.4 Å². The van der Waals surface area contributed by atoms with Crippen LogP contribution in [-0.2, 0) is 11.3 Å². The number of rotatable bonds is 4. The average molecular weight is 247 g/mol. The molecule has 0 heterocycles. The standard InChI is InChI=1S/C14H17NO3/c1-14(7-2-8-14)13(18)15-9-10-3-5-11(6-4-10)12(16)17/h3-6H,2,7-9H2,1H3,(H,15,18)(H,16,17). The lowest BCUT2D eigenvalue weighted by Crippen LogP contribution is -2.43. The van der Waals surface area contributed by atoms with Gasteiger partial charge in [-0.2, -0.15) is 0 Å². The quantitative estimate of drug-likeness (QED) is 0.857. The number of carbonyl (C=O) groups is 2. The molecule has 2 rings (SSSR count). The molecule has 18 heavy (non-hydrogen) atoms. The van der Waals surface area contributed by atoms with Gasteiger partial charge in [0.2, 0.25) is 5.91 Å². The highest BCUT2D eigenvalue weighted by Crippen LogP contribution is 2.40. The first-order valence-corrected chi connectivity index (χ1v) is 6.12. The van der Waals surface area contributed by atoms with Gasteiger partial charge in [-0.3, -0.25) is 4.79 Å². The van der Waals surface area contributed by atoms with Crippen LogP contribution in [0.4, 0.5) is 0 Å². The second-order valence-corrected chi connectivity index (χ2v) is 5.10. The predicted octanol–water partition coefficient (Wildman–Crippen LogP) is 2.19. The summed E-state index contributed by atoms with van der Waals surface area (Å²) < 4.78 is 0. The highest BCUT2D eigenvalue weighted by Gasteiger charge is 2.38. The summed E-state index contributed by atoms with van der Waals surface area (Å²) in [6, 6.07) is 6.56. The Labute approximate surface area is 106 Å². The van der Waals surface area contributed by atoms with E-state index in [4.69, 9.17) is 5.11 Å².